The van der Waals surface area contributed by atoms with Crippen molar-refractivity contribution in [3.8, 4) is 0 Å². The van der Waals surface area contributed by atoms with Gasteiger partial charge in [0.2, 0.25) is 0 Å². The summed E-state index contributed by atoms with van der Waals surface area (Å²) in [5.41, 5.74) is -0.0463. The Morgan fingerprint density at radius 1 is 1.44 bits per heavy atom. The quantitative estimate of drug-likeness (QED) is 0.789. The maximum Gasteiger partial charge on any atom is 0.356 e. The van der Waals surface area contributed by atoms with Gasteiger partial charge in [-0.15, -0.1) is 0 Å². The molecule has 1 aromatic rings. The minimum Gasteiger partial charge on any atom is -0.476 e. The number of anilines is 1. The van der Waals surface area contributed by atoms with Crippen LogP contribution in [0, 0.1) is 5.92 Å². The molecule has 0 bridgehead atoms. The number of carboxylic acid groups (broad SMARTS) is 1. The van der Waals surface area contributed by atoms with Gasteiger partial charge in [-0.05, 0) is 5.92 Å². The molecule has 1 aromatic heterocycles. The second-order valence-electron chi connectivity index (χ2n) is 4.40. The van der Waals surface area contributed by atoms with E-state index >= 15 is 0 Å². The van der Waals surface area contributed by atoms with Crippen LogP contribution in [0.3, 0.4) is 0 Å². The van der Waals surface area contributed by atoms with Gasteiger partial charge in [0.25, 0.3) is 0 Å². The van der Waals surface area contributed by atoms with E-state index in [1.165, 1.54) is 12.4 Å². The van der Waals surface area contributed by atoms with Crippen molar-refractivity contribution >= 4 is 11.8 Å². The molecule has 0 aliphatic heterocycles. The van der Waals surface area contributed by atoms with Gasteiger partial charge in [0.1, 0.15) is 5.82 Å². The highest BCUT2D eigenvalue weighted by Gasteiger charge is 2.12. The Kier molecular flexibility index (Phi) is 5.51. The SMILES string of the molecule is COCCN(CC(C)C)c1cnc(C(=O)O)cn1. The summed E-state index contributed by atoms with van der Waals surface area (Å²) < 4.78 is 5.05. The summed E-state index contributed by atoms with van der Waals surface area (Å²) in [6.45, 7) is 6.34. The molecule has 0 amide bonds. The molecule has 0 atom stereocenters. The topological polar surface area (TPSA) is 75.5 Å². The van der Waals surface area contributed by atoms with E-state index in [1.807, 2.05) is 4.90 Å². The Balaban J connectivity index is 2.80. The van der Waals surface area contributed by atoms with Crippen molar-refractivity contribution in [1.29, 1.82) is 0 Å². The van der Waals surface area contributed by atoms with Crippen LogP contribution < -0.4 is 4.90 Å². The Hall–Kier alpha value is -1.69. The van der Waals surface area contributed by atoms with E-state index in [-0.39, 0.29) is 5.69 Å². The molecule has 100 valence electrons. The third-order valence-corrected chi connectivity index (χ3v) is 2.33. The van der Waals surface area contributed by atoms with Gasteiger partial charge in [-0.1, -0.05) is 13.8 Å². The summed E-state index contributed by atoms with van der Waals surface area (Å²) in [5.74, 6) is 0.0786. The van der Waals surface area contributed by atoms with Gasteiger partial charge in [0.15, 0.2) is 5.69 Å². The fourth-order valence-electron chi connectivity index (χ4n) is 1.54. The molecule has 0 aromatic carbocycles. The zero-order chi connectivity index (χ0) is 13.5. The number of hydrogen-bond acceptors (Lipinski definition) is 5. The molecule has 0 aliphatic carbocycles. The van der Waals surface area contributed by atoms with Gasteiger partial charge in [0.05, 0.1) is 19.0 Å². The van der Waals surface area contributed by atoms with Crippen LogP contribution in [-0.2, 0) is 4.74 Å². The summed E-state index contributed by atoms with van der Waals surface area (Å²) in [5, 5.41) is 8.77. The molecule has 1 heterocycles. The van der Waals surface area contributed by atoms with Crippen molar-refractivity contribution in [2.24, 2.45) is 5.92 Å². The molecule has 1 N–H and O–H groups in total. The number of aromatic carboxylic acids is 1. The lowest BCUT2D eigenvalue weighted by Gasteiger charge is -2.24. The predicted molar refractivity (Wildman–Crippen MR) is 67.9 cm³/mol. The van der Waals surface area contributed by atoms with E-state index in [4.69, 9.17) is 9.84 Å². The Labute approximate surface area is 107 Å². The number of hydrogen-bond donors (Lipinski definition) is 1. The van der Waals surface area contributed by atoms with Gasteiger partial charge >= 0.3 is 5.97 Å². The highest BCUT2D eigenvalue weighted by molar-refractivity contribution is 5.84. The lowest BCUT2D eigenvalue weighted by atomic mass is 10.2. The summed E-state index contributed by atoms with van der Waals surface area (Å²) in [4.78, 5) is 20.7. The maximum absolute atomic E-state index is 10.7. The molecule has 6 nitrogen and oxygen atoms in total. The van der Waals surface area contributed by atoms with E-state index in [1.54, 1.807) is 7.11 Å². The van der Waals surface area contributed by atoms with E-state index in [0.717, 1.165) is 6.54 Å². The molecule has 6 heteroatoms. The van der Waals surface area contributed by atoms with Crippen molar-refractivity contribution in [1.82, 2.24) is 9.97 Å². The molecular formula is C12H19N3O3. The Morgan fingerprint density at radius 3 is 2.61 bits per heavy atom. The van der Waals surface area contributed by atoms with Gasteiger partial charge in [-0.3, -0.25) is 0 Å². The molecule has 0 spiro atoms. The van der Waals surface area contributed by atoms with E-state index in [9.17, 15) is 4.79 Å². The largest absolute Gasteiger partial charge is 0.476 e. The first-order valence-electron chi connectivity index (χ1n) is 5.83. The first-order valence-corrected chi connectivity index (χ1v) is 5.83. The van der Waals surface area contributed by atoms with Crippen molar-refractivity contribution in [3.05, 3.63) is 18.1 Å². The number of methoxy groups -OCH3 is 1. The molecule has 18 heavy (non-hydrogen) atoms. The van der Waals surface area contributed by atoms with Crippen LogP contribution in [0.2, 0.25) is 0 Å². The van der Waals surface area contributed by atoms with Crippen molar-refractivity contribution in [2.45, 2.75) is 13.8 Å². The molecule has 0 fully saturated rings. The first kappa shape index (κ1) is 14.4. The molecular weight excluding hydrogens is 234 g/mol. The fourth-order valence-corrected chi connectivity index (χ4v) is 1.54. The molecule has 0 saturated heterocycles. The molecule has 0 unspecified atom stereocenters. The zero-order valence-electron chi connectivity index (χ0n) is 11.0. The minimum atomic E-state index is -1.07. The minimum absolute atomic E-state index is 0.0463. The molecule has 1 rings (SSSR count). The number of carboxylic acids is 1. The summed E-state index contributed by atoms with van der Waals surface area (Å²) in [6.07, 6.45) is 2.76. The zero-order valence-corrected chi connectivity index (χ0v) is 11.0. The van der Waals surface area contributed by atoms with E-state index in [0.29, 0.717) is 24.9 Å². The monoisotopic (exact) mass is 253 g/mol. The maximum atomic E-state index is 10.7. The lowest BCUT2D eigenvalue weighted by Crippen LogP contribution is -2.31. The predicted octanol–water partition coefficient (Wildman–Crippen LogP) is 1.28. The van der Waals surface area contributed by atoms with Crippen LogP contribution in [0.25, 0.3) is 0 Å². The third-order valence-electron chi connectivity index (χ3n) is 2.33. The van der Waals surface area contributed by atoms with Crippen molar-refractivity contribution in [2.75, 3.05) is 31.7 Å². The fraction of sp³-hybridized carbons (Fsp3) is 0.583. The molecule has 0 aliphatic rings. The highest BCUT2D eigenvalue weighted by atomic mass is 16.5. The molecule has 0 radical (unpaired) electrons. The van der Waals surface area contributed by atoms with Crippen LogP contribution in [0.1, 0.15) is 24.3 Å². The van der Waals surface area contributed by atoms with Crippen LogP contribution >= 0.6 is 0 Å². The second-order valence-corrected chi connectivity index (χ2v) is 4.40. The number of carbonyl (C=O) groups is 1. The van der Waals surface area contributed by atoms with Crippen LogP contribution in [0.5, 0.6) is 0 Å². The van der Waals surface area contributed by atoms with Gasteiger partial charge in [-0.25, -0.2) is 14.8 Å². The average Bonchev–Trinajstić information content (AvgIpc) is 2.34. The van der Waals surface area contributed by atoms with Gasteiger partial charge < -0.3 is 14.7 Å². The normalized spacial score (nSPS) is 10.7. The van der Waals surface area contributed by atoms with Crippen molar-refractivity contribution < 1.29 is 14.6 Å². The number of rotatable bonds is 7. The summed E-state index contributed by atoms with van der Waals surface area (Å²) in [7, 11) is 1.65. The Morgan fingerprint density at radius 2 is 2.17 bits per heavy atom. The van der Waals surface area contributed by atoms with E-state index < -0.39 is 5.97 Å². The van der Waals surface area contributed by atoms with Crippen LogP contribution in [0.4, 0.5) is 5.82 Å². The first-order chi connectivity index (χ1) is 8.54. The summed E-state index contributed by atoms with van der Waals surface area (Å²) in [6, 6.07) is 0. The third kappa shape index (κ3) is 4.29. The number of nitrogens with zero attached hydrogens (tertiary/aromatic N) is 3. The lowest BCUT2D eigenvalue weighted by molar-refractivity contribution is 0.0690. The van der Waals surface area contributed by atoms with Gasteiger partial charge in [0, 0.05) is 20.2 Å². The van der Waals surface area contributed by atoms with Crippen molar-refractivity contribution in [3.63, 3.8) is 0 Å². The van der Waals surface area contributed by atoms with E-state index in [2.05, 4.69) is 23.8 Å². The van der Waals surface area contributed by atoms with Gasteiger partial charge in [-0.2, -0.15) is 0 Å². The Bertz CT molecular complexity index is 379. The standard InChI is InChI=1S/C12H19N3O3/c1-9(2)8-15(4-5-18-3)11-7-13-10(6-14-11)12(16)17/h6-7,9H,4-5,8H2,1-3H3,(H,16,17). The second kappa shape index (κ2) is 6.90. The number of ether oxygens (including phenoxy) is 1. The average molecular weight is 253 g/mol. The molecule has 0 saturated carbocycles. The number of aromatic nitrogens is 2. The van der Waals surface area contributed by atoms with Crippen LogP contribution in [-0.4, -0.2) is 47.8 Å². The highest BCUT2D eigenvalue weighted by Crippen LogP contribution is 2.11. The van der Waals surface area contributed by atoms with Crippen LogP contribution in [0.15, 0.2) is 12.4 Å². The smallest absolute Gasteiger partial charge is 0.356 e. The summed E-state index contributed by atoms with van der Waals surface area (Å²) >= 11 is 0.